The Balaban J connectivity index is -0.000000262. The van der Waals surface area contributed by atoms with Crippen LogP contribution in [0.3, 0.4) is 0 Å². The summed E-state index contributed by atoms with van der Waals surface area (Å²) in [5.41, 5.74) is 0. The van der Waals surface area contributed by atoms with Crippen molar-refractivity contribution in [2.45, 2.75) is 213 Å². The summed E-state index contributed by atoms with van der Waals surface area (Å²) in [5.74, 6) is -2.73. The summed E-state index contributed by atoms with van der Waals surface area (Å²) in [4.78, 5) is 30.3. The van der Waals surface area contributed by atoms with E-state index in [9.17, 15) is 29.7 Å². The molecule has 7 heteroatoms. The zero-order chi connectivity index (χ0) is 31.9. The molecular formula is C36H69EuO6. The molecule has 0 aromatic carbocycles. The topological polar surface area (TPSA) is 120 Å². The fraction of sp³-hybridized carbons (Fsp3) is 0.917. The molecule has 0 fully saturated rings. The molecule has 256 valence electrons. The molecule has 0 aliphatic rings. The molecule has 0 aliphatic carbocycles. The van der Waals surface area contributed by atoms with Gasteiger partial charge in [-0.1, -0.05) is 175 Å². The molecule has 0 aromatic rings. The van der Waals surface area contributed by atoms with Gasteiger partial charge in [0.05, 0.1) is 0 Å². The second-order valence-corrected chi connectivity index (χ2v) is 11.9. The average Bonchev–Trinajstić information content (AvgIpc) is 2.95. The molecule has 6 nitrogen and oxygen atoms in total. The first-order valence-electron chi connectivity index (χ1n) is 17.9. The third-order valence-corrected chi connectivity index (χ3v) is 7.45. The Morgan fingerprint density at radius 3 is 0.581 bits per heavy atom. The maximum absolute atomic E-state index is 10.1. The molecule has 0 rings (SSSR count). The minimum atomic E-state index is -0.909. The van der Waals surface area contributed by atoms with Crippen LogP contribution in [-0.4, -0.2) is 17.9 Å². The third-order valence-electron chi connectivity index (χ3n) is 7.45. The van der Waals surface area contributed by atoms with Crippen LogP contribution in [0.1, 0.15) is 213 Å². The Morgan fingerprint density at radius 2 is 0.442 bits per heavy atom. The Bertz CT molecular complexity index is 480. The van der Waals surface area contributed by atoms with Crippen LogP contribution in [0.4, 0.5) is 0 Å². The van der Waals surface area contributed by atoms with Crippen molar-refractivity contribution in [1.29, 1.82) is 0 Å². The van der Waals surface area contributed by atoms with Crippen molar-refractivity contribution in [3.05, 3.63) is 0 Å². The summed E-state index contributed by atoms with van der Waals surface area (Å²) >= 11 is 0. The number of carboxylic acid groups (broad SMARTS) is 3. The molecule has 0 radical (unpaired) electrons. The van der Waals surface area contributed by atoms with Gasteiger partial charge >= 0.3 is 49.4 Å². The van der Waals surface area contributed by atoms with E-state index in [1.807, 2.05) is 0 Å². The second-order valence-electron chi connectivity index (χ2n) is 11.9. The molecular weight excluding hydrogens is 680 g/mol. The minimum Gasteiger partial charge on any atom is -0.550 e. The third kappa shape index (κ3) is 61.7. The monoisotopic (exact) mass is 750 g/mol. The van der Waals surface area contributed by atoms with E-state index in [1.54, 1.807) is 0 Å². The summed E-state index contributed by atoms with van der Waals surface area (Å²) in [7, 11) is 0. The van der Waals surface area contributed by atoms with E-state index >= 15 is 0 Å². The number of carbonyl (C=O) groups excluding carboxylic acids is 3. The zero-order valence-electron chi connectivity index (χ0n) is 28.5. The number of unbranched alkanes of at least 4 members (excludes halogenated alkanes) is 24. The van der Waals surface area contributed by atoms with Crippen LogP contribution < -0.4 is 15.3 Å². The first kappa shape index (κ1) is 49.9. The maximum Gasteiger partial charge on any atom is 3.00 e. The molecule has 0 heterocycles. The molecule has 0 aromatic heterocycles. The van der Waals surface area contributed by atoms with Gasteiger partial charge in [0.15, 0.2) is 0 Å². The molecule has 0 saturated carbocycles. The van der Waals surface area contributed by atoms with Crippen LogP contribution in [0.2, 0.25) is 0 Å². The average molecular weight is 750 g/mol. The van der Waals surface area contributed by atoms with Gasteiger partial charge in [-0.15, -0.1) is 0 Å². The molecule has 0 N–H and O–H groups in total. The van der Waals surface area contributed by atoms with Gasteiger partial charge in [-0.05, 0) is 38.5 Å². The molecule has 0 saturated heterocycles. The van der Waals surface area contributed by atoms with Gasteiger partial charge in [-0.2, -0.15) is 0 Å². The number of rotatable bonds is 30. The van der Waals surface area contributed by atoms with Gasteiger partial charge in [-0.3, -0.25) is 0 Å². The molecule has 0 unspecified atom stereocenters. The molecule has 0 aliphatic heterocycles. The van der Waals surface area contributed by atoms with Gasteiger partial charge in [-0.25, -0.2) is 0 Å². The van der Waals surface area contributed by atoms with E-state index in [0.717, 1.165) is 38.5 Å². The van der Waals surface area contributed by atoms with Crippen LogP contribution in [0.25, 0.3) is 0 Å². The summed E-state index contributed by atoms with van der Waals surface area (Å²) in [6, 6.07) is 0. The second kappa shape index (κ2) is 46.4. The minimum absolute atomic E-state index is 0. The van der Waals surface area contributed by atoms with Crippen LogP contribution >= 0.6 is 0 Å². The normalized spacial score (nSPS) is 10.1. The quantitative estimate of drug-likeness (QED) is 0.0688. The van der Waals surface area contributed by atoms with Crippen molar-refractivity contribution in [3.8, 4) is 0 Å². The summed E-state index contributed by atoms with van der Waals surface area (Å²) < 4.78 is 0. The van der Waals surface area contributed by atoms with E-state index in [0.29, 0.717) is 0 Å². The van der Waals surface area contributed by atoms with Crippen molar-refractivity contribution in [2.75, 3.05) is 0 Å². The van der Waals surface area contributed by atoms with E-state index < -0.39 is 17.9 Å². The van der Waals surface area contributed by atoms with Crippen molar-refractivity contribution < 1.29 is 79.1 Å². The van der Waals surface area contributed by atoms with Crippen LogP contribution in [-0.2, 0) is 14.4 Å². The number of carbonyl (C=O) groups is 3. The smallest absolute Gasteiger partial charge is 0.550 e. The molecule has 0 spiro atoms. The Labute approximate surface area is 307 Å². The summed E-state index contributed by atoms with van der Waals surface area (Å²) in [6.07, 6.45) is 33.5. The van der Waals surface area contributed by atoms with Gasteiger partial charge in [0.2, 0.25) is 0 Å². The summed E-state index contributed by atoms with van der Waals surface area (Å²) in [5, 5.41) is 30.3. The first-order valence-corrected chi connectivity index (χ1v) is 17.9. The molecule has 0 amide bonds. The Morgan fingerprint density at radius 1 is 0.302 bits per heavy atom. The van der Waals surface area contributed by atoms with Gasteiger partial charge in [0.25, 0.3) is 0 Å². The summed E-state index contributed by atoms with van der Waals surface area (Å²) in [6.45, 7) is 6.67. The standard InChI is InChI=1S/3C12H24O2.Eu/c3*1-2-3-4-5-6-7-8-9-10-11-12(13)14;/h3*2-11H2,1H3,(H,13,14);/q;;;+3/p-3. The predicted octanol–water partition coefficient (Wildman–Crippen LogP) is 7.97. The van der Waals surface area contributed by atoms with E-state index in [4.69, 9.17) is 0 Å². The van der Waals surface area contributed by atoms with Gasteiger partial charge in [0, 0.05) is 17.9 Å². The van der Waals surface area contributed by atoms with Crippen molar-refractivity contribution in [3.63, 3.8) is 0 Å². The Hall–Kier alpha value is -0.00558. The van der Waals surface area contributed by atoms with E-state index in [2.05, 4.69) is 20.8 Å². The Kier molecular flexibility index (Phi) is 53.8. The number of carboxylic acids is 3. The number of aliphatic carboxylic acids is 3. The number of hydrogen-bond acceptors (Lipinski definition) is 6. The predicted molar refractivity (Wildman–Crippen MR) is 171 cm³/mol. The van der Waals surface area contributed by atoms with Gasteiger partial charge < -0.3 is 29.7 Å². The van der Waals surface area contributed by atoms with Crippen LogP contribution in [0.15, 0.2) is 0 Å². The van der Waals surface area contributed by atoms with E-state index in [-0.39, 0.29) is 68.6 Å². The molecule has 43 heavy (non-hydrogen) atoms. The SMILES string of the molecule is CCCCCCCCCCCC(=O)[O-].CCCCCCCCCCCC(=O)[O-].CCCCCCCCCCCC(=O)[O-].[Eu+3]. The van der Waals surface area contributed by atoms with Crippen molar-refractivity contribution >= 4 is 17.9 Å². The maximum atomic E-state index is 10.1. The number of hydrogen-bond donors (Lipinski definition) is 0. The van der Waals surface area contributed by atoms with Crippen molar-refractivity contribution in [2.24, 2.45) is 0 Å². The largest absolute Gasteiger partial charge is 3.00 e. The van der Waals surface area contributed by atoms with E-state index in [1.165, 1.54) is 135 Å². The van der Waals surface area contributed by atoms with Crippen molar-refractivity contribution in [1.82, 2.24) is 0 Å². The zero-order valence-corrected chi connectivity index (χ0v) is 31.0. The molecule has 0 atom stereocenters. The fourth-order valence-corrected chi connectivity index (χ4v) is 4.74. The van der Waals surface area contributed by atoms with Gasteiger partial charge in [0.1, 0.15) is 0 Å². The van der Waals surface area contributed by atoms with Crippen LogP contribution in [0.5, 0.6) is 0 Å². The molecule has 0 bridgehead atoms. The van der Waals surface area contributed by atoms with Crippen LogP contribution in [0, 0.1) is 49.4 Å². The first-order chi connectivity index (χ1) is 20.3. The fourth-order valence-electron chi connectivity index (χ4n) is 4.74.